The minimum atomic E-state index is -0.0123. The molecule has 4 nitrogen and oxygen atoms in total. The molecule has 4 heteroatoms. The van der Waals surface area contributed by atoms with E-state index in [-0.39, 0.29) is 21.7 Å². The van der Waals surface area contributed by atoms with Crippen molar-refractivity contribution in [2.45, 2.75) is 105 Å². The van der Waals surface area contributed by atoms with Gasteiger partial charge in [-0.15, -0.1) is 0 Å². The average Bonchev–Trinajstić information content (AvgIpc) is 3.19. The Morgan fingerprint density at radius 1 is 0.259 bits per heavy atom. The summed E-state index contributed by atoms with van der Waals surface area (Å²) in [5, 5.41) is 0. The molecule has 2 heterocycles. The van der Waals surface area contributed by atoms with E-state index >= 15 is 0 Å². The Morgan fingerprint density at radius 2 is 0.448 bits per heavy atom. The zero-order valence-corrected chi connectivity index (χ0v) is 36.5. The molecule has 0 bridgehead atoms. The molecule has 0 aliphatic carbocycles. The standard InChI is InChI=1S/C54H58N4/c1-51(2,3)39-23-15-35(16-24-39)43-44(36-17-25-40(26-18-36)52(4,5)6)46(38-21-29-42(30-22-38)54(10,11)12)48(50-57-33-14-34-58-50)47(49-55-31-13-32-56-49)45(43)37-19-27-41(28-20-37)53(7,8)9/h13-34H,1-12H3. The van der Waals surface area contributed by atoms with Gasteiger partial charge in [-0.25, -0.2) is 19.9 Å². The number of aromatic nitrogens is 4. The first-order valence-corrected chi connectivity index (χ1v) is 20.5. The van der Waals surface area contributed by atoms with Crippen LogP contribution >= 0.6 is 0 Å². The number of rotatable bonds is 6. The summed E-state index contributed by atoms with van der Waals surface area (Å²) in [5.74, 6) is 1.24. The van der Waals surface area contributed by atoms with E-state index < -0.39 is 0 Å². The highest BCUT2D eigenvalue weighted by atomic mass is 14.9. The van der Waals surface area contributed by atoms with Crippen molar-refractivity contribution in [3.05, 3.63) is 156 Å². The van der Waals surface area contributed by atoms with Crippen LogP contribution in [0.15, 0.2) is 134 Å². The molecule has 0 atom stereocenters. The van der Waals surface area contributed by atoms with Gasteiger partial charge in [0, 0.05) is 47.0 Å². The number of hydrogen-bond donors (Lipinski definition) is 0. The third-order valence-corrected chi connectivity index (χ3v) is 11.2. The quantitative estimate of drug-likeness (QED) is 0.169. The third kappa shape index (κ3) is 8.16. The lowest BCUT2D eigenvalue weighted by Gasteiger charge is -2.29. The number of hydrogen-bond acceptors (Lipinski definition) is 4. The van der Waals surface area contributed by atoms with Crippen LogP contribution in [0.2, 0.25) is 0 Å². The van der Waals surface area contributed by atoms with Crippen molar-refractivity contribution in [2.24, 2.45) is 0 Å². The van der Waals surface area contributed by atoms with Gasteiger partial charge in [0.2, 0.25) is 0 Å². The van der Waals surface area contributed by atoms with E-state index in [9.17, 15) is 0 Å². The van der Waals surface area contributed by atoms with E-state index in [4.69, 9.17) is 19.9 Å². The van der Waals surface area contributed by atoms with Crippen LogP contribution in [0, 0.1) is 0 Å². The van der Waals surface area contributed by atoms with E-state index in [1.54, 1.807) is 0 Å². The van der Waals surface area contributed by atoms with Crippen molar-refractivity contribution in [2.75, 3.05) is 0 Å². The van der Waals surface area contributed by atoms with E-state index in [0.717, 1.165) is 55.6 Å². The van der Waals surface area contributed by atoms with Gasteiger partial charge in [-0.3, -0.25) is 0 Å². The molecular weight excluding hydrogens is 705 g/mol. The smallest absolute Gasteiger partial charge is 0.160 e. The second-order valence-corrected chi connectivity index (χ2v) is 19.7. The molecule has 58 heavy (non-hydrogen) atoms. The molecule has 0 saturated carbocycles. The lowest BCUT2D eigenvalue weighted by Crippen LogP contribution is -2.11. The maximum Gasteiger partial charge on any atom is 0.160 e. The van der Waals surface area contributed by atoms with Crippen LogP contribution in [0.5, 0.6) is 0 Å². The molecule has 0 unspecified atom stereocenters. The van der Waals surface area contributed by atoms with Crippen LogP contribution in [-0.4, -0.2) is 19.9 Å². The molecule has 7 rings (SSSR count). The molecule has 7 aromatic rings. The summed E-state index contributed by atoms with van der Waals surface area (Å²) < 4.78 is 0. The summed E-state index contributed by atoms with van der Waals surface area (Å²) in [6.45, 7) is 27.2. The van der Waals surface area contributed by atoms with Gasteiger partial charge < -0.3 is 0 Å². The number of nitrogens with zero attached hydrogens (tertiary/aromatic N) is 4. The van der Waals surface area contributed by atoms with Crippen LogP contribution in [0.1, 0.15) is 105 Å². The van der Waals surface area contributed by atoms with Gasteiger partial charge in [0.1, 0.15) is 0 Å². The predicted octanol–water partition coefficient (Wildman–Crippen LogP) is 14.5. The van der Waals surface area contributed by atoms with Crippen LogP contribution in [0.4, 0.5) is 0 Å². The molecule has 0 radical (unpaired) electrons. The Kier molecular flexibility index (Phi) is 10.6. The maximum atomic E-state index is 5.01. The molecule has 0 aliphatic rings. The third-order valence-electron chi connectivity index (χ3n) is 11.2. The Balaban J connectivity index is 1.77. The monoisotopic (exact) mass is 762 g/mol. The van der Waals surface area contributed by atoms with E-state index in [0.29, 0.717) is 11.6 Å². The maximum absolute atomic E-state index is 5.01. The van der Waals surface area contributed by atoms with E-state index in [1.165, 1.54) is 22.3 Å². The summed E-state index contributed by atoms with van der Waals surface area (Å²) in [6, 6.07) is 40.3. The molecule has 0 saturated heterocycles. The van der Waals surface area contributed by atoms with Gasteiger partial charge >= 0.3 is 0 Å². The van der Waals surface area contributed by atoms with Gasteiger partial charge in [0.25, 0.3) is 0 Å². The summed E-state index contributed by atoms with van der Waals surface area (Å²) >= 11 is 0. The minimum absolute atomic E-state index is 0.00668. The zero-order valence-electron chi connectivity index (χ0n) is 36.5. The van der Waals surface area contributed by atoms with Crippen molar-refractivity contribution in [3.63, 3.8) is 0 Å². The first kappa shape index (κ1) is 40.5. The summed E-state index contributed by atoms with van der Waals surface area (Å²) in [4.78, 5) is 20.1. The molecule has 5 aromatic carbocycles. The largest absolute Gasteiger partial charge is 0.237 e. The van der Waals surface area contributed by atoms with Gasteiger partial charge in [0.05, 0.1) is 0 Å². The highest BCUT2D eigenvalue weighted by Crippen LogP contribution is 2.55. The summed E-state index contributed by atoms with van der Waals surface area (Å²) in [7, 11) is 0. The lowest BCUT2D eigenvalue weighted by atomic mass is 9.75. The lowest BCUT2D eigenvalue weighted by molar-refractivity contribution is 0.590. The minimum Gasteiger partial charge on any atom is -0.237 e. The molecule has 2 aromatic heterocycles. The van der Waals surface area contributed by atoms with Crippen molar-refractivity contribution >= 4 is 0 Å². The van der Waals surface area contributed by atoms with Crippen molar-refractivity contribution in [1.82, 2.24) is 19.9 Å². The second-order valence-electron chi connectivity index (χ2n) is 19.7. The van der Waals surface area contributed by atoms with E-state index in [1.807, 2.05) is 36.9 Å². The molecule has 0 spiro atoms. The van der Waals surface area contributed by atoms with Crippen LogP contribution in [0.25, 0.3) is 67.3 Å². The summed E-state index contributed by atoms with van der Waals surface area (Å²) in [5.41, 5.74) is 15.5. The first-order valence-electron chi connectivity index (χ1n) is 20.5. The summed E-state index contributed by atoms with van der Waals surface area (Å²) in [6.07, 6.45) is 7.33. The molecule has 294 valence electrons. The van der Waals surface area contributed by atoms with Crippen LogP contribution in [0.3, 0.4) is 0 Å². The average molecular weight is 763 g/mol. The van der Waals surface area contributed by atoms with Crippen molar-refractivity contribution < 1.29 is 0 Å². The number of benzene rings is 5. The normalized spacial score (nSPS) is 12.5. The van der Waals surface area contributed by atoms with Crippen molar-refractivity contribution in [1.29, 1.82) is 0 Å². The van der Waals surface area contributed by atoms with Gasteiger partial charge in [0.15, 0.2) is 11.6 Å². The fourth-order valence-corrected chi connectivity index (χ4v) is 7.76. The Bertz CT molecular complexity index is 2320. The fraction of sp³-hybridized carbons (Fsp3) is 0.296. The predicted molar refractivity (Wildman–Crippen MR) is 245 cm³/mol. The van der Waals surface area contributed by atoms with Gasteiger partial charge in [-0.1, -0.05) is 180 Å². The molecule has 0 N–H and O–H groups in total. The first-order chi connectivity index (χ1) is 27.3. The molecular formula is C54H58N4. The van der Waals surface area contributed by atoms with Gasteiger partial charge in [-0.2, -0.15) is 0 Å². The molecule has 0 fully saturated rings. The highest BCUT2D eigenvalue weighted by molar-refractivity contribution is 6.13. The SMILES string of the molecule is CC(C)(C)c1ccc(-c2c(-c3ccc(C(C)(C)C)cc3)c(-c3ccc(C(C)(C)C)cc3)c(-c3ncccn3)c(-c3ncccn3)c2-c2ccc(C(C)(C)C)cc2)cc1. The topological polar surface area (TPSA) is 51.6 Å². The fourth-order valence-electron chi connectivity index (χ4n) is 7.76. The Labute approximate surface area is 346 Å². The van der Waals surface area contributed by atoms with Crippen LogP contribution in [-0.2, 0) is 21.7 Å². The van der Waals surface area contributed by atoms with Crippen LogP contribution < -0.4 is 0 Å². The van der Waals surface area contributed by atoms with Gasteiger partial charge in [-0.05, 0) is 89.4 Å². The zero-order chi connectivity index (χ0) is 41.6. The Morgan fingerprint density at radius 3 is 0.638 bits per heavy atom. The van der Waals surface area contributed by atoms with Crippen molar-refractivity contribution in [3.8, 4) is 67.3 Å². The van der Waals surface area contributed by atoms with E-state index in [2.05, 4.69) is 180 Å². The highest BCUT2D eigenvalue weighted by Gasteiger charge is 2.32. The Hall–Kier alpha value is -5.74. The second kappa shape index (κ2) is 15.2. The molecule has 0 amide bonds. The molecule has 0 aliphatic heterocycles.